The van der Waals surface area contributed by atoms with E-state index >= 15 is 0 Å². The highest BCUT2D eigenvalue weighted by Crippen LogP contribution is 2.17. The van der Waals surface area contributed by atoms with Gasteiger partial charge in [-0.05, 0) is 51.5 Å². The van der Waals surface area contributed by atoms with Gasteiger partial charge >= 0.3 is 0 Å². The second-order valence-electron chi connectivity index (χ2n) is 5.66. The first kappa shape index (κ1) is 21.9. The molecule has 8 heteroatoms. The highest BCUT2D eigenvalue weighted by atomic mass is 35.5. The van der Waals surface area contributed by atoms with E-state index in [4.69, 9.17) is 5.73 Å². The minimum Gasteiger partial charge on any atom is -0.352 e. The van der Waals surface area contributed by atoms with Crippen LogP contribution in [0.1, 0.15) is 37.6 Å². The average molecular weight is 364 g/mol. The third-order valence-electron chi connectivity index (χ3n) is 3.41. The molecule has 0 aliphatic carbocycles. The normalized spacial score (nSPS) is 12.8. The number of benzene rings is 1. The molecule has 1 unspecified atom stereocenters. The molecule has 0 fully saturated rings. The first-order valence-corrected chi connectivity index (χ1v) is 8.72. The Morgan fingerprint density at radius 1 is 1.22 bits per heavy atom. The van der Waals surface area contributed by atoms with E-state index in [1.807, 2.05) is 6.92 Å². The van der Waals surface area contributed by atoms with Crippen molar-refractivity contribution in [1.82, 2.24) is 9.62 Å². The summed E-state index contributed by atoms with van der Waals surface area (Å²) in [5, 5.41) is 2.75. The monoisotopic (exact) mass is 363 g/mol. The molecule has 6 nitrogen and oxygen atoms in total. The van der Waals surface area contributed by atoms with Crippen LogP contribution in [0.5, 0.6) is 0 Å². The van der Waals surface area contributed by atoms with Gasteiger partial charge in [-0.3, -0.25) is 4.79 Å². The smallest absolute Gasteiger partial charge is 0.251 e. The van der Waals surface area contributed by atoms with Gasteiger partial charge in [0.2, 0.25) is 10.0 Å². The molecule has 132 valence electrons. The Kier molecular flexibility index (Phi) is 8.76. The van der Waals surface area contributed by atoms with Crippen LogP contribution in [0.25, 0.3) is 0 Å². The lowest BCUT2D eigenvalue weighted by atomic mass is 10.2. The summed E-state index contributed by atoms with van der Waals surface area (Å²) >= 11 is 0. The number of hydrogen-bond acceptors (Lipinski definition) is 4. The first-order valence-electron chi connectivity index (χ1n) is 7.28. The van der Waals surface area contributed by atoms with Crippen molar-refractivity contribution in [2.75, 3.05) is 13.6 Å². The number of nitrogens with two attached hydrogens (primary N) is 1. The van der Waals surface area contributed by atoms with Gasteiger partial charge in [0, 0.05) is 31.2 Å². The summed E-state index contributed by atoms with van der Waals surface area (Å²) in [5.74, 6) is -0.234. The number of carbonyl (C=O) groups is 1. The third kappa shape index (κ3) is 6.10. The zero-order valence-corrected chi connectivity index (χ0v) is 15.6. The van der Waals surface area contributed by atoms with E-state index in [1.165, 1.54) is 35.6 Å². The van der Waals surface area contributed by atoms with Crippen LogP contribution in [0.4, 0.5) is 0 Å². The number of sulfonamides is 1. The van der Waals surface area contributed by atoms with Crippen molar-refractivity contribution in [1.29, 1.82) is 0 Å². The molecule has 0 aromatic heterocycles. The quantitative estimate of drug-likeness (QED) is 0.769. The van der Waals surface area contributed by atoms with Gasteiger partial charge < -0.3 is 11.1 Å². The number of halogens is 1. The largest absolute Gasteiger partial charge is 0.352 e. The highest BCUT2D eigenvalue weighted by molar-refractivity contribution is 7.89. The molecule has 0 aliphatic rings. The Hall–Kier alpha value is -1.15. The predicted octanol–water partition coefficient (Wildman–Crippen LogP) is 1.60. The molecule has 1 rings (SSSR count). The Labute approximate surface area is 144 Å². The van der Waals surface area contributed by atoms with Crippen LogP contribution in [0.3, 0.4) is 0 Å². The van der Waals surface area contributed by atoms with E-state index in [-0.39, 0.29) is 35.3 Å². The second kappa shape index (κ2) is 9.22. The van der Waals surface area contributed by atoms with Crippen LogP contribution in [-0.2, 0) is 10.0 Å². The van der Waals surface area contributed by atoms with E-state index in [2.05, 4.69) is 5.32 Å². The number of amides is 1. The standard InChI is InChI=1S/C15H25N3O3S.ClH/c1-11(2)18(4)22(20,21)14-7-5-13(6-8-14)15(19)17-10-9-12(3)16;/h5-8,11-12H,9-10,16H2,1-4H3,(H,17,19);1H. The van der Waals surface area contributed by atoms with Gasteiger partial charge in [0.05, 0.1) is 4.90 Å². The molecular formula is C15H26ClN3O3S. The fraction of sp³-hybridized carbons (Fsp3) is 0.533. The Morgan fingerprint density at radius 2 is 1.74 bits per heavy atom. The van der Waals surface area contributed by atoms with Crippen molar-refractivity contribution in [2.24, 2.45) is 5.73 Å². The Bertz CT molecular complexity index is 601. The number of rotatable bonds is 7. The zero-order valence-electron chi connectivity index (χ0n) is 13.9. The summed E-state index contributed by atoms with van der Waals surface area (Å²) < 4.78 is 25.9. The molecule has 3 N–H and O–H groups in total. The summed E-state index contributed by atoms with van der Waals surface area (Å²) in [6, 6.07) is 5.83. The summed E-state index contributed by atoms with van der Waals surface area (Å²) in [4.78, 5) is 12.1. The zero-order chi connectivity index (χ0) is 16.9. The number of hydrogen-bond donors (Lipinski definition) is 2. The summed E-state index contributed by atoms with van der Waals surface area (Å²) in [7, 11) is -1.99. The van der Waals surface area contributed by atoms with E-state index in [0.717, 1.165) is 0 Å². The predicted molar refractivity (Wildman–Crippen MR) is 94.4 cm³/mol. The molecule has 1 aromatic rings. The van der Waals surface area contributed by atoms with E-state index in [1.54, 1.807) is 13.8 Å². The number of carbonyl (C=O) groups excluding carboxylic acids is 1. The van der Waals surface area contributed by atoms with Crippen LogP contribution in [0.2, 0.25) is 0 Å². The van der Waals surface area contributed by atoms with Gasteiger partial charge in [0.15, 0.2) is 0 Å². The van der Waals surface area contributed by atoms with Crippen LogP contribution in [-0.4, -0.2) is 44.3 Å². The van der Waals surface area contributed by atoms with Crippen molar-refractivity contribution >= 4 is 28.3 Å². The third-order valence-corrected chi connectivity index (χ3v) is 5.45. The van der Waals surface area contributed by atoms with Crippen LogP contribution < -0.4 is 11.1 Å². The summed E-state index contributed by atoms with van der Waals surface area (Å²) in [6.07, 6.45) is 0.692. The molecule has 0 spiro atoms. The van der Waals surface area contributed by atoms with E-state index in [9.17, 15) is 13.2 Å². The minimum absolute atomic E-state index is 0. The molecule has 0 heterocycles. The van der Waals surface area contributed by atoms with Gasteiger partial charge in [0.25, 0.3) is 5.91 Å². The lowest BCUT2D eigenvalue weighted by Crippen LogP contribution is -2.33. The highest BCUT2D eigenvalue weighted by Gasteiger charge is 2.23. The van der Waals surface area contributed by atoms with Gasteiger partial charge in [0.1, 0.15) is 0 Å². The lowest BCUT2D eigenvalue weighted by Gasteiger charge is -2.21. The van der Waals surface area contributed by atoms with Gasteiger partial charge in [-0.15, -0.1) is 12.4 Å². The van der Waals surface area contributed by atoms with Crippen LogP contribution in [0, 0.1) is 0 Å². The molecule has 0 radical (unpaired) electrons. The maximum atomic E-state index is 12.3. The topological polar surface area (TPSA) is 92.5 Å². The lowest BCUT2D eigenvalue weighted by molar-refractivity contribution is 0.0952. The van der Waals surface area contributed by atoms with Crippen molar-refractivity contribution in [3.05, 3.63) is 29.8 Å². The van der Waals surface area contributed by atoms with Crippen molar-refractivity contribution in [2.45, 2.75) is 44.2 Å². The number of nitrogens with one attached hydrogen (secondary N) is 1. The first-order chi connectivity index (χ1) is 10.2. The van der Waals surface area contributed by atoms with E-state index < -0.39 is 10.0 Å². The molecule has 1 atom stereocenters. The van der Waals surface area contributed by atoms with Crippen molar-refractivity contribution in [3.8, 4) is 0 Å². The number of nitrogens with zero attached hydrogens (tertiary/aromatic N) is 1. The fourth-order valence-corrected chi connectivity index (χ4v) is 3.11. The molecule has 0 saturated heterocycles. The van der Waals surface area contributed by atoms with Gasteiger partial charge in [-0.2, -0.15) is 4.31 Å². The Morgan fingerprint density at radius 3 is 2.17 bits per heavy atom. The molecule has 0 bridgehead atoms. The maximum Gasteiger partial charge on any atom is 0.251 e. The van der Waals surface area contributed by atoms with Crippen LogP contribution in [0.15, 0.2) is 29.2 Å². The maximum absolute atomic E-state index is 12.3. The van der Waals surface area contributed by atoms with Gasteiger partial charge in [-0.1, -0.05) is 0 Å². The molecular weight excluding hydrogens is 338 g/mol. The second-order valence-corrected chi connectivity index (χ2v) is 7.66. The molecule has 1 amide bonds. The van der Waals surface area contributed by atoms with E-state index in [0.29, 0.717) is 18.5 Å². The van der Waals surface area contributed by atoms with Crippen molar-refractivity contribution in [3.63, 3.8) is 0 Å². The fourth-order valence-electron chi connectivity index (χ4n) is 1.74. The SMILES string of the molecule is CC(N)CCNC(=O)c1ccc(S(=O)(=O)N(C)C(C)C)cc1.Cl. The Balaban J connectivity index is 0.00000484. The summed E-state index contributed by atoms with van der Waals surface area (Å²) in [6.45, 7) is 5.97. The molecule has 0 saturated carbocycles. The summed E-state index contributed by atoms with van der Waals surface area (Å²) in [5.41, 5.74) is 6.04. The molecule has 23 heavy (non-hydrogen) atoms. The van der Waals surface area contributed by atoms with Crippen molar-refractivity contribution < 1.29 is 13.2 Å². The van der Waals surface area contributed by atoms with Gasteiger partial charge in [-0.25, -0.2) is 8.42 Å². The minimum atomic E-state index is -3.52. The van der Waals surface area contributed by atoms with Crippen LogP contribution >= 0.6 is 12.4 Å². The average Bonchev–Trinajstić information content (AvgIpc) is 2.45. The molecule has 0 aliphatic heterocycles. The molecule has 1 aromatic carbocycles.